The molecule has 1 saturated heterocycles. The van der Waals surface area contributed by atoms with Gasteiger partial charge >= 0.3 is 0 Å². The van der Waals surface area contributed by atoms with Gasteiger partial charge in [0.25, 0.3) is 11.8 Å². The Balaban J connectivity index is 1.67. The topological polar surface area (TPSA) is 98.6 Å². The number of likely N-dealkylation sites (tertiary alicyclic amines) is 1. The fourth-order valence-electron chi connectivity index (χ4n) is 3.30. The van der Waals surface area contributed by atoms with E-state index in [9.17, 15) is 14.0 Å². The second kappa shape index (κ2) is 7.62. The molecule has 0 atom stereocenters. The average Bonchev–Trinajstić information content (AvgIpc) is 3.10. The number of nitrogens with zero attached hydrogens (tertiary/aromatic N) is 4. The van der Waals surface area contributed by atoms with Gasteiger partial charge in [-0.1, -0.05) is 0 Å². The number of anilines is 1. The Labute approximate surface area is 171 Å². The average molecular weight is 413 g/mol. The Morgan fingerprint density at radius 2 is 1.90 bits per heavy atom. The second-order valence-corrected chi connectivity index (χ2v) is 6.92. The number of amides is 2. The summed E-state index contributed by atoms with van der Waals surface area (Å²) in [4.78, 5) is 31.1. The van der Waals surface area contributed by atoms with E-state index in [-0.39, 0.29) is 41.7 Å². The van der Waals surface area contributed by atoms with Gasteiger partial charge in [0, 0.05) is 18.8 Å². The molecule has 4 rings (SSSR count). The largest absolute Gasteiger partial charge is 0.493 e. The number of fused-ring (bicyclic) bond motifs is 1. The molecular weight excluding hydrogens is 393 g/mol. The molecule has 0 saturated carbocycles. The van der Waals surface area contributed by atoms with Gasteiger partial charge < -0.3 is 19.7 Å². The van der Waals surface area contributed by atoms with Gasteiger partial charge in [0.05, 0.1) is 50.3 Å². The number of carbonyl (C=O) groups is 2. The highest BCUT2D eigenvalue weighted by Crippen LogP contribution is 2.37. The van der Waals surface area contributed by atoms with Crippen LogP contribution in [0, 0.1) is 0 Å². The van der Waals surface area contributed by atoms with Gasteiger partial charge in [-0.3, -0.25) is 19.3 Å². The number of pyridine rings is 1. The number of nitrogens with one attached hydrogen (secondary N) is 1. The number of aryl methyl sites for hydroxylation is 1. The minimum absolute atomic E-state index is 0.0469. The first kappa shape index (κ1) is 19.6. The Morgan fingerprint density at radius 1 is 1.13 bits per heavy atom. The number of halogens is 1. The lowest BCUT2D eigenvalue weighted by molar-refractivity contribution is 0.0400. The summed E-state index contributed by atoms with van der Waals surface area (Å²) in [6, 6.07) is 4.67. The van der Waals surface area contributed by atoms with Crippen molar-refractivity contribution in [1.29, 1.82) is 0 Å². The monoisotopic (exact) mass is 413 g/mol. The molecule has 30 heavy (non-hydrogen) atoms. The van der Waals surface area contributed by atoms with E-state index in [2.05, 4.69) is 15.4 Å². The first-order valence-corrected chi connectivity index (χ1v) is 9.19. The van der Waals surface area contributed by atoms with Crippen LogP contribution in [-0.2, 0) is 7.05 Å². The quantitative estimate of drug-likeness (QED) is 0.687. The molecule has 3 aromatic rings. The minimum Gasteiger partial charge on any atom is -0.493 e. The van der Waals surface area contributed by atoms with Crippen LogP contribution in [-0.4, -0.2) is 65.0 Å². The minimum atomic E-state index is -1.01. The van der Waals surface area contributed by atoms with Crippen molar-refractivity contribution >= 4 is 28.5 Å². The van der Waals surface area contributed by atoms with E-state index in [1.165, 1.54) is 37.4 Å². The molecule has 1 N–H and O–H groups in total. The molecule has 2 amide bonds. The van der Waals surface area contributed by atoms with Crippen molar-refractivity contribution in [3.05, 3.63) is 41.7 Å². The Morgan fingerprint density at radius 3 is 2.57 bits per heavy atom. The summed E-state index contributed by atoms with van der Waals surface area (Å²) >= 11 is 0. The van der Waals surface area contributed by atoms with Crippen LogP contribution in [0.2, 0.25) is 0 Å². The molecule has 9 nitrogen and oxygen atoms in total. The first-order valence-electron chi connectivity index (χ1n) is 9.19. The lowest BCUT2D eigenvalue weighted by Gasteiger charge is -2.34. The SMILES string of the molecule is COc1cc(C(=O)N2CC(F)C2)cc(NC(=O)c2cnc3cnn(C)c3c2)c1OC. The van der Waals surface area contributed by atoms with Gasteiger partial charge in [-0.05, 0) is 18.2 Å². The molecule has 0 spiro atoms. The molecule has 1 aliphatic rings. The van der Waals surface area contributed by atoms with Crippen LogP contribution in [0.3, 0.4) is 0 Å². The smallest absolute Gasteiger partial charge is 0.257 e. The van der Waals surface area contributed by atoms with Crippen LogP contribution in [0.15, 0.2) is 30.6 Å². The summed E-state index contributed by atoms with van der Waals surface area (Å²) in [7, 11) is 4.62. The van der Waals surface area contributed by atoms with E-state index in [4.69, 9.17) is 9.47 Å². The van der Waals surface area contributed by atoms with E-state index < -0.39 is 12.1 Å². The molecule has 3 heterocycles. The molecule has 0 radical (unpaired) electrons. The van der Waals surface area contributed by atoms with Crippen LogP contribution >= 0.6 is 0 Å². The van der Waals surface area contributed by atoms with Crippen molar-refractivity contribution in [3.63, 3.8) is 0 Å². The number of alkyl halides is 1. The van der Waals surface area contributed by atoms with Crippen LogP contribution in [0.25, 0.3) is 11.0 Å². The molecule has 0 unspecified atom stereocenters. The van der Waals surface area contributed by atoms with E-state index in [0.717, 1.165) is 0 Å². The van der Waals surface area contributed by atoms with Gasteiger partial charge in [-0.15, -0.1) is 0 Å². The van der Waals surface area contributed by atoms with Gasteiger partial charge in [0.1, 0.15) is 11.7 Å². The third kappa shape index (κ3) is 3.40. The molecular formula is C20H20FN5O4. The van der Waals surface area contributed by atoms with Crippen molar-refractivity contribution in [1.82, 2.24) is 19.7 Å². The summed E-state index contributed by atoms with van der Waals surface area (Å²) in [5.74, 6) is -0.248. The summed E-state index contributed by atoms with van der Waals surface area (Å²) in [5.41, 5.74) is 2.20. The number of hydrogen-bond acceptors (Lipinski definition) is 6. The lowest BCUT2D eigenvalue weighted by atomic mass is 10.1. The maximum Gasteiger partial charge on any atom is 0.257 e. The number of methoxy groups -OCH3 is 2. The highest BCUT2D eigenvalue weighted by atomic mass is 19.1. The van der Waals surface area contributed by atoms with Crippen molar-refractivity contribution < 1.29 is 23.5 Å². The molecule has 10 heteroatoms. The van der Waals surface area contributed by atoms with Crippen LogP contribution in [0.4, 0.5) is 10.1 Å². The van der Waals surface area contributed by atoms with Gasteiger partial charge in [-0.25, -0.2) is 4.39 Å². The maximum atomic E-state index is 13.2. The third-order valence-corrected chi connectivity index (χ3v) is 4.96. The zero-order valence-electron chi connectivity index (χ0n) is 16.7. The van der Waals surface area contributed by atoms with E-state index in [1.54, 1.807) is 24.0 Å². The molecule has 0 aliphatic carbocycles. The van der Waals surface area contributed by atoms with Crippen LogP contribution in [0.5, 0.6) is 11.5 Å². The Kier molecular flexibility index (Phi) is 4.98. The fourth-order valence-corrected chi connectivity index (χ4v) is 3.30. The summed E-state index contributed by atoms with van der Waals surface area (Å²) in [6.45, 7) is 0.0938. The van der Waals surface area contributed by atoms with Crippen molar-refractivity contribution in [2.75, 3.05) is 32.6 Å². The molecule has 156 valence electrons. The van der Waals surface area contributed by atoms with Crippen LogP contribution < -0.4 is 14.8 Å². The summed E-state index contributed by atoms with van der Waals surface area (Å²) in [6.07, 6.45) is 2.04. The molecule has 1 aromatic carbocycles. The predicted octanol–water partition coefficient (Wildman–Crippen LogP) is 2.03. The molecule has 1 fully saturated rings. The predicted molar refractivity (Wildman–Crippen MR) is 107 cm³/mol. The van der Waals surface area contributed by atoms with Gasteiger partial charge in [0.15, 0.2) is 11.5 Å². The maximum absolute atomic E-state index is 13.2. The highest BCUT2D eigenvalue weighted by Gasteiger charge is 2.32. The number of carbonyl (C=O) groups excluding carboxylic acids is 2. The number of rotatable bonds is 5. The third-order valence-electron chi connectivity index (χ3n) is 4.96. The zero-order valence-corrected chi connectivity index (χ0v) is 16.7. The van der Waals surface area contributed by atoms with Crippen molar-refractivity contribution in [2.45, 2.75) is 6.17 Å². The zero-order chi connectivity index (χ0) is 21.4. The first-order chi connectivity index (χ1) is 14.4. The van der Waals surface area contributed by atoms with E-state index >= 15 is 0 Å². The molecule has 0 bridgehead atoms. The summed E-state index contributed by atoms with van der Waals surface area (Å²) in [5, 5.41) is 6.86. The lowest BCUT2D eigenvalue weighted by Crippen LogP contribution is -2.51. The molecule has 2 aromatic heterocycles. The normalized spacial score (nSPS) is 13.8. The van der Waals surface area contributed by atoms with Gasteiger partial charge in [0.2, 0.25) is 0 Å². The molecule has 1 aliphatic heterocycles. The van der Waals surface area contributed by atoms with Gasteiger partial charge in [-0.2, -0.15) is 5.10 Å². The number of aromatic nitrogens is 3. The second-order valence-electron chi connectivity index (χ2n) is 6.92. The number of benzene rings is 1. The fraction of sp³-hybridized carbons (Fsp3) is 0.300. The number of ether oxygens (including phenoxy) is 2. The van der Waals surface area contributed by atoms with Crippen molar-refractivity contribution in [3.8, 4) is 11.5 Å². The van der Waals surface area contributed by atoms with Crippen molar-refractivity contribution in [2.24, 2.45) is 7.05 Å². The Hall–Kier alpha value is -3.69. The highest BCUT2D eigenvalue weighted by molar-refractivity contribution is 6.07. The van der Waals surface area contributed by atoms with E-state index in [0.29, 0.717) is 16.6 Å². The van der Waals surface area contributed by atoms with E-state index in [1.807, 2.05) is 0 Å². The summed E-state index contributed by atoms with van der Waals surface area (Å²) < 4.78 is 25.5. The Bertz CT molecular complexity index is 1140. The standard InChI is InChI=1S/C20H20FN5O4/c1-25-16-5-12(7-22-15(16)8-23-25)19(27)24-14-4-11(6-17(29-2)18(14)30-3)20(28)26-9-13(21)10-26/h4-8,13H,9-10H2,1-3H3,(H,24,27). The number of hydrogen-bond donors (Lipinski definition) is 1. The van der Waals surface area contributed by atoms with Crippen LogP contribution in [0.1, 0.15) is 20.7 Å².